The van der Waals surface area contributed by atoms with Crippen LogP contribution < -0.4 is 5.32 Å². The molecule has 86 valence electrons. The molecular weight excluding hydrogens is 219 g/mol. The molecule has 0 unspecified atom stereocenters. The van der Waals surface area contributed by atoms with Crippen LogP contribution in [0.25, 0.3) is 0 Å². The molecule has 0 atom stereocenters. The molecule has 0 heterocycles. The summed E-state index contributed by atoms with van der Waals surface area (Å²) in [6, 6.07) is 0. The average molecular weight is 234 g/mol. The fourth-order valence-electron chi connectivity index (χ4n) is 0.802. The second-order valence-corrected chi connectivity index (χ2v) is 3.19. The van der Waals surface area contributed by atoms with Crippen LogP contribution in [0.1, 0.15) is 12.8 Å². The minimum absolute atomic E-state index is 0.0837. The summed E-state index contributed by atoms with van der Waals surface area (Å²) >= 11 is 5.44. The summed E-state index contributed by atoms with van der Waals surface area (Å²) in [5, 5.41) is 2.96. The molecule has 0 aromatic heterocycles. The van der Waals surface area contributed by atoms with E-state index in [4.69, 9.17) is 11.6 Å². The number of unbranched alkanes of at least 4 members (excludes halogenated alkanes) is 1. The number of halogens is 4. The fraction of sp³-hybridized carbons (Fsp3) is 1.00. The zero-order valence-corrected chi connectivity index (χ0v) is 8.63. The second-order valence-electron chi connectivity index (χ2n) is 2.81. The molecule has 14 heavy (non-hydrogen) atoms. The van der Waals surface area contributed by atoms with Crippen molar-refractivity contribution in [3.63, 3.8) is 0 Å². The van der Waals surface area contributed by atoms with Crippen LogP contribution in [0.3, 0.4) is 0 Å². The Hall–Kier alpha value is 0. The molecule has 6 heteroatoms. The number of ether oxygens (including phenoxy) is 1. The van der Waals surface area contributed by atoms with Gasteiger partial charge < -0.3 is 10.1 Å². The summed E-state index contributed by atoms with van der Waals surface area (Å²) in [5.41, 5.74) is 0. The van der Waals surface area contributed by atoms with Crippen molar-refractivity contribution < 1.29 is 17.9 Å². The van der Waals surface area contributed by atoms with Crippen LogP contribution in [-0.2, 0) is 4.74 Å². The molecule has 0 spiro atoms. The van der Waals surface area contributed by atoms with E-state index in [0.29, 0.717) is 12.4 Å². The van der Waals surface area contributed by atoms with E-state index in [9.17, 15) is 13.2 Å². The molecule has 0 aliphatic rings. The van der Waals surface area contributed by atoms with Crippen molar-refractivity contribution >= 4 is 11.6 Å². The minimum Gasteiger partial charge on any atom is -0.371 e. The highest BCUT2D eigenvalue weighted by Gasteiger charge is 2.26. The molecule has 0 aromatic rings. The van der Waals surface area contributed by atoms with Gasteiger partial charge in [0.2, 0.25) is 0 Å². The van der Waals surface area contributed by atoms with Gasteiger partial charge in [-0.15, -0.1) is 11.6 Å². The quantitative estimate of drug-likeness (QED) is 0.513. The van der Waals surface area contributed by atoms with E-state index in [1.54, 1.807) is 0 Å². The largest absolute Gasteiger partial charge is 0.411 e. The molecular formula is C8H15ClF3NO. The molecule has 0 saturated heterocycles. The van der Waals surface area contributed by atoms with Crippen LogP contribution in [0.5, 0.6) is 0 Å². The normalized spacial score (nSPS) is 12.0. The topological polar surface area (TPSA) is 21.3 Å². The van der Waals surface area contributed by atoms with Crippen molar-refractivity contribution in [1.29, 1.82) is 0 Å². The summed E-state index contributed by atoms with van der Waals surface area (Å²) in [6.45, 7) is 0.122. The van der Waals surface area contributed by atoms with Gasteiger partial charge in [-0.05, 0) is 19.4 Å². The Balaban J connectivity index is 2.99. The van der Waals surface area contributed by atoms with Crippen LogP contribution in [-0.4, -0.2) is 38.4 Å². The average Bonchev–Trinajstić information content (AvgIpc) is 2.08. The van der Waals surface area contributed by atoms with Crippen molar-refractivity contribution in [2.45, 2.75) is 19.0 Å². The number of nitrogens with one attached hydrogen (secondary N) is 1. The van der Waals surface area contributed by atoms with Crippen molar-refractivity contribution in [3.8, 4) is 0 Å². The Morgan fingerprint density at radius 2 is 1.86 bits per heavy atom. The van der Waals surface area contributed by atoms with Crippen LogP contribution in [0.4, 0.5) is 13.2 Å². The standard InChI is InChI=1S/C8H15ClF3NO/c9-3-1-2-4-13-5-6-14-7-8(10,11)12/h13H,1-7H2. The number of rotatable bonds is 8. The van der Waals surface area contributed by atoms with Crippen molar-refractivity contribution in [1.82, 2.24) is 5.32 Å². The highest BCUT2D eigenvalue weighted by molar-refractivity contribution is 6.17. The summed E-state index contributed by atoms with van der Waals surface area (Å²) in [6.07, 6.45) is -2.38. The van der Waals surface area contributed by atoms with E-state index in [0.717, 1.165) is 19.4 Å². The summed E-state index contributed by atoms with van der Waals surface area (Å²) < 4.78 is 39.1. The molecule has 0 bridgehead atoms. The lowest BCUT2D eigenvalue weighted by molar-refractivity contribution is -0.173. The maximum Gasteiger partial charge on any atom is 0.411 e. The zero-order chi connectivity index (χ0) is 10.9. The summed E-state index contributed by atoms with van der Waals surface area (Å²) in [5.74, 6) is 0.617. The first kappa shape index (κ1) is 14.0. The molecule has 0 fully saturated rings. The SMILES string of the molecule is FC(F)(F)COCCNCCCCCl. The summed E-state index contributed by atoms with van der Waals surface area (Å²) in [4.78, 5) is 0. The fourth-order valence-corrected chi connectivity index (χ4v) is 0.991. The van der Waals surface area contributed by atoms with E-state index < -0.39 is 12.8 Å². The number of hydrogen-bond acceptors (Lipinski definition) is 2. The molecule has 0 saturated carbocycles. The molecule has 0 radical (unpaired) electrons. The Labute approximate surface area is 86.8 Å². The van der Waals surface area contributed by atoms with Crippen LogP contribution in [0, 0.1) is 0 Å². The molecule has 2 nitrogen and oxygen atoms in total. The predicted molar refractivity (Wildman–Crippen MR) is 49.7 cm³/mol. The lowest BCUT2D eigenvalue weighted by Crippen LogP contribution is -2.24. The molecule has 1 N–H and O–H groups in total. The van der Waals surface area contributed by atoms with Gasteiger partial charge in [-0.3, -0.25) is 0 Å². The zero-order valence-electron chi connectivity index (χ0n) is 7.87. The van der Waals surface area contributed by atoms with Gasteiger partial charge in [-0.25, -0.2) is 0 Å². The van der Waals surface area contributed by atoms with Crippen LogP contribution in [0.15, 0.2) is 0 Å². The van der Waals surface area contributed by atoms with E-state index in [2.05, 4.69) is 10.1 Å². The third kappa shape index (κ3) is 12.0. The highest BCUT2D eigenvalue weighted by atomic mass is 35.5. The molecule has 0 aliphatic carbocycles. The molecule has 0 rings (SSSR count). The van der Waals surface area contributed by atoms with E-state index >= 15 is 0 Å². The van der Waals surface area contributed by atoms with Crippen molar-refractivity contribution in [3.05, 3.63) is 0 Å². The van der Waals surface area contributed by atoms with E-state index in [1.165, 1.54) is 0 Å². The first-order valence-corrected chi connectivity index (χ1v) is 5.01. The number of alkyl halides is 4. The van der Waals surface area contributed by atoms with Gasteiger partial charge in [-0.2, -0.15) is 13.2 Å². The first-order chi connectivity index (χ1) is 6.56. The van der Waals surface area contributed by atoms with Gasteiger partial charge in [0.15, 0.2) is 0 Å². The molecule has 0 amide bonds. The highest BCUT2D eigenvalue weighted by Crippen LogP contribution is 2.13. The third-order valence-corrected chi connectivity index (χ3v) is 1.69. The van der Waals surface area contributed by atoms with Gasteiger partial charge in [0.25, 0.3) is 0 Å². The smallest absolute Gasteiger partial charge is 0.371 e. The van der Waals surface area contributed by atoms with E-state index in [-0.39, 0.29) is 6.61 Å². The van der Waals surface area contributed by atoms with Gasteiger partial charge in [0, 0.05) is 12.4 Å². The minimum atomic E-state index is -4.22. The van der Waals surface area contributed by atoms with Gasteiger partial charge in [0.1, 0.15) is 6.61 Å². The maximum atomic E-state index is 11.6. The van der Waals surface area contributed by atoms with E-state index in [1.807, 2.05) is 0 Å². The Kier molecular flexibility index (Phi) is 8.32. The van der Waals surface area contributed by atoms with Gasteiger partial charge in [0.05, 0.1) is 6.61 Å². The monoisotopic (exact) mass is 233 g/mol. The Morgan fingerprint density at radius 1 is 1.14 bits per heavy atom. The van der Waals surface area contributed by atoms with Gasteiger partial charge in [-0.1, -0.05) is 0 Å². The van der Waals surface area contributed by atoms with Crippen LogP contribution >= 0.6 is 11.6 Å². The Morgan fingerprint density at radius 3 is 2.43 bits per heavy atom. The predicted octanol–water partition coefficient (Wildman–Crippen LogP) is 2.17. The Bertz CT molecular complexity index is 132. The number of hydrogen-bond donors (Lipinski definition) is 1. The summed E-state index contributed by atoms with van der Waals surface area (Å²) in [7, 11) is 0. The lowest BCUT2D eigenvalue weighted by Gasteiger charge is -2.07. The van der Waals surface area contributed by atoms with Crippen molar-refractivity contribution in [2.75, 3.05) is 32.2 Å². The van der Waals surface area contributed by atoms with Crippen molar-refractivity contribution in [2.24, 2.45) is 0 Å². The third-order valence-electron chi connectivity index (χ3n) is 1.43. The van der Waals surface area contributed by atoms with Gasteiger partial charge >= 0.3 is 6.18 Å². The molecule has 0 aliphatic heterocycles. The maximum absolute atomic E-state index is 11.6. The second kappa shape index (κ2) is 8.32. The lowest BCUT2D eigenvalue weighted by atomic mass is 10.3. The first-order valence-electron chi connectivity index (χ1n) is 4.47. The molecule has 0 aromatic carbocycles. The van der Waals surface area contributed by atoms with Crippen LogP contribution in [0.2, 0.25) is 0 Å².